The van der Waals surface area contributed by atoms with Gasteiger partial charge in [0.2, 0.25) is 5.96 Å². The number of ether oxygens (including phenoxy) is 1. The van der Waals surface area contributed by atoms with Gasteiger partial charge in [-0.25, -0.2) is 9.59 Å². The highest BCUT2D eigenvalue weighted by Crippen LogP contribution is 2.29. The Morgan fingerprint density at radius 1 is 1.26 bits per heavy atom. The summed E-state index contributed by atoms with van der Waals surface area (Å²) < 4.78 is 4.54. The second-order valence-corrected chi connectivity index (χ2v) is 6.22. The van der Waals surface area contributed by atoms with E-state index in [1.807, 2.05) is 0 Å². The van der Waals surface area contributed by atoms with Crippen LogP contribution in [0.15, 0.2) is 4.99 Å². The van der Waals surface area contributed by atoms with Crippen LogP contribution in [0.1, 0.15) is 45.4 Å². The van der Waals surface area contributed by atoms with Crippen molar-refractivity contribution in [2.24, 2.45) is 10.9 Å². The monoisotopic (exact) mass is 326 g/mol. The van der Waals surface area contributed by atoms with Gasteiger partial charge < -0.3 is 15.0 Å². The molecule has 7 heteroatoms. The van der Waals surface area contributed by atoms with Crippen molar-refractivity contribution in [2.45, 2.75) is 51.5 Å². The number of nitrogens with zero attached hydrogens (tertiary/aromatic N) is 3. The number of hydrogen-bond donors (Lipinski definition) is 1. The molecule has 23 heavy (non-hydrogen) atoms. The van der Waals surface area contributed by atoms with Crippen molar-refractivity contribution < 1.29 is 14.3 Å². The normalized spacial score (nSPS) is 21.0. The largest absolute Gasteiger partial charge is 0.451 e. The Hall–Kier alpha value is -1.79. The molecule has 132 valence electrons. The van der Waals surface area contributed by atoms with Crippen molar-refractivity contribution in [3.63, 3.8) is 0 Å². The molecule has 0 spiro atoms. The Labute approximate surface area is 139 Å². The molecule has 1 aliphatic rings. The third-order valence-electron chi connectivity index (χ3n) is 4.27. The van der Waals surface area contributed by atoms with Gasteiger partial charge in [0.15, 0.2) is 0 Å². The highest BCUT2D eigenvalue weighted by Gasteiger charge is 2.30. The SMILES string of the molecule is CCCCC1CCCC1NC(=O)N(C)/C(=N\C(=O)OC)N(C)C. The van der Waals surface area contributed by atoms with Crippen molar-refractivity contribution in [1.29, 1.82) is 0 Å². The Morgan fingerprint density at radius 3 is 2.52 bits per heavy atom. The first-order valence-corrected chi connectivity index (χ1v) is 8.28. The summed E-state index contributed by atoms with van der Waals surface area (Å²) >= 11 is 0. The number of amides is 3. The molecule has 1 saturated carbocycles. The third kappa shape index (κ3) is 5.73. The predicted molar refractivity (Wildman–Crippen MR) is 90.5 cm³/mol. The molecular formula is C16H30N4O3. The molecule has 3 amide bonds. The summed E-state index contributed by atoms with van der Waals surface area (Å²) in [7, 11) is 6.32. The van der Waals surface area contributed by atoms with Gasteiger partial charge in [-0.1, -0.05) is 26.2 Å². The van der Waals surface area contributed by atoms with E-state index < -0.39 is 6.09 Å². The molecule has 0 aromatic rings. The van der Waals surface area contributed by atoms with Crippen LogP contribution in [0.25, 0.3) is 0 Å². The van der Waals surface area contributed by atoms with Crippen molar-refractivity contribution in [2.75, 3.05) is 28.3 Å². The van der Waals surface area contributed by atoms with Crippen LogP contribution in [0, 0.1) is 5.92 Å². The first-order valence-electron chi connectivity index (χ1n) is 8.28. The molecule has 2 unspecified atom stereocenters. The Kier molecular flexibility index (Phi) is 7.85. The van der Waals surface area contributed by atoms with Crippen LogP contribution in [0.2, 0.25) is 0 Å². The fourth-order valence-electron chi connectivity index (χ4n) is 2.99. The van der Waals surface area contributed by atoms with Gasteiger partial charge in [-0.2, -0.15) is 0 Å². The van der Waals surface area contributed by atoms with E-state index in [2.05, 4.69) is 22.0 Å². The van der Waals surface area contributed by atoms with Gasteiger partial charge in [-0.3, -0.25) is 4.90 Å². The Balaban J connectivity index is 2.70. The molecule has 0 saturated heterocycles. The quantitative estimate of drug-likeness (QED) is 0.637. The highest BCUT2D eigenvalue weighted by molar-refractivity contribution is 5.99. The number of carbonyl (C=O) groups is 2. The molecule has 7 nitrogen and oxygen atoms in total. The molecular weight excluding hydrogens is 296 g/mol. The highest BCUT2D eigenvalue weighted by atomic mass is 16.5. The Morgan fingerprint density at radius 2 is 1.96 bits per heavy atom. The lowest BCUT2D eigenvalue weighted by molar-refractivity contribution is 0.181. The molecule has 0 aromatic heterocycles. The summed E-state index contributed by atoms with van der Waals surface area (Å²) in [5.41, 5.74) is 0. The second-order valence-electron chi connectivity index (χ2n) is 6.22. The lowest BCUT2D eigenvalue weighted by atomic mass is 9.97. The van der Waals surface area contributed by atoms with Gasteiger partial charge in [-0.15, -0.1) is 4.99 Å². The zero-order chi connectivity index (χ0) is 17.4. The smallest absolute Gasteiger partial charge is 0.436 e. The van der Waals surface area contributed by atoms with E-state index in [1.54, 1.807) is 26.0 Å². The Bertz CT molecular complexity index is 437. The lowest BCUT2D eigenvalue weighted by Gasteiger charge is -2.28. The van der Waals surface area contributed by atoms with E-state index in [9.17, 15) is 9.59 Å². The number of carbonyl (C=O) groups excluding carboxylic acids is 2. The zero-order valence-corrected chi connectivity index (χ0v) is 15.0. The lowest BCUT2D eigenvalue weighted by Crippen LogP contribution is -2.50. The van der Waals surface area contributed by atoms with Crippen molar-refractivity contribution in [3.05, 3.63) is 0 Å². The number of rotatable bonds is 4. The zero-order valence-electron chi connectivity index (χ0n) is 15.0. The fraction of sp³-hybridized carbons (Fsp3) is 0.812. The maximum Gasteiger partial charge on any atom is 0.436 e. The number of nitrogens with one attached hydrogen (secondary N) is 1. The minimum absolute atomic E-state index is 0.207. The van der Waals surface area contributed by atoms with E-state index in [0.29, 0.717) is 5.92 Å². The topological polar surface area (TPSA) is 74.2 Å². The van der Waals surface area contributed by atoms with Crippen LogP contribution in [0.5, 0.6) is 0 Å². The molecule has 2 atom stereocenters. The minimum atomic E-state index is -0.727. The van der Waals surface area contributed by atoms with Crippen LogP contribution in [0.4, 0.5) is 9.59 Å². The maximum atomic E-state index is 12.5. The number of methoxy groups -OCH3 is 1. The molecule has 1 rings (SSSR count). The fourth-order valence-corrected chi connectivity index (χ4v) is 2.99. The second kappa shape index (κ2) is 9.37. The first kappa shape index (κ1) is 19.3. The van der Waals surface area contributed by atoms with E-state index in [-0.39, 0.29) is 18.0 Å². The van der Waals surface area contributed by atoms with Gasteiger partial charge in [0.25, 0.3) is 0 Å². The molecule has 1 aliphatic carbocycles. The minimum Gasteiger partial charge on any atom is -0.451 e. The summed E-state index contributed by atoms with van der Waals surface area (Å²) in [6, 6.07) is -0.0345. The third-order valence-corrected chi connectivity index (χ3v) is 4.27. The summed E-state index contributed by atoms with van der Waals surface area (Å²) in [6.07, 6.45) is 6.13. The summed E-state index contributed by atoms with van der Waals surface area (Å²) in [6.45, 7) is 2.18. The van der Waals surface area contributed by atoms with E-state index in [1.165, 1.54) is 31.3 Å². The van der Waals surface area contributed by atoms with E-state index in [4.69, 9.17) is 0 Å². The number of guanidine groups is 1. The molecule has 0 bridgehead atoms. The van der Waals surface area contributed by atoms with E-state index >= 15 is 0 Å². The average Bonchev–Trinajstić information content (AvgIpc) is 2.96. The van der Waals surface area contributed by atoms with Crippen LogP contribution in [-0.2, 0) is 4.74 Å². The molecule has 1 fully saturated rings. The standard InChI is InChI=1S/C16H30N4O3/c1-6-7-9-12-10-8-11-13(12)17-15(21)20(4)14(19(2)3)18-16(22)23-5/h12-13H,6-11H2,1-5H3,(H,17,21)/b18-14-. The van der Waals surface area contributed by atoms with Crippen LogP contribution in [0.3, 0.4) is 0 Å². The maximum absolute atomic E-state index is 12.5. The van der Waals surface area contributed by atoms with Gasteiger partial charge >= 0.3 is 12.1 Å². The predicted octanol–water partition coefficient (Wildman–Crippen LogP) is 2.67. The number of aliphatic imine (C=N–C) groups is 1. The number of hydrogen-bond acceptors (Lipinski definition) is 3. The van der Waals surface area contributed by atoms with Crippen LogP contribution in [-0.4, -0.2) is 62.2 Å². The summed E-state index contributed by atoms with van der Waals surface area (Å²) in [4.78, 5) is 30.6. The van der Waals surface area contributed by atoms with Crippen molar-refractivity contribution in [1.82, 2.24) is 15.1 Å². The number of unbranched alkanes of at least 4 members (excludes halogenated alkanes) is 1. The van der Waals surface area contributed by atoms with Crippen molar-refractivity contribution in [3.8, 4) is 0 Å². The number of urea groups is 1. The molecule has 0 aliphatic heterocycles. The van der Waals surface area contributed by atoms with Gasteiger partial charge in [0.1, 0.15) is 0 Å². The van der Waals surface area contributed by atoms with E-state index in [0.717, 1.165) is 19.3 Å². The first-order chi connectivity index (χ1) is 10.9. The molecule has 0 heterocycles. The van der Waals surface area contributed by atoms with Gasteiger partial charge in [0, 0.05) is 27.2 Å². The van der Waals surface area contributed by atoms with Gasteiger partial charge in [0.05, 0.1) is 7.11 Å². The molecule has 1 N–H and O–H groups in total. The molecule has 0 aromatic carbocycles. The summed E-state index contributed by atoms with van der Waals surface area (Å²) in [5, 5.41) is 3.09. The van der Waals surface area contributed by atoms with Crippen LogP contribution >= 0.6 is 0 Å². The van der Waals surface area contributed by atoms with Crippen LogP contribution < -0.4 is 5.32 Å². The molecule has 0 radical (unpaired) electrons. The average molecular weight is 326 g/mol. The van der Waals surface area contributed by atoms with Gasteiger partial charge in [-0.05, 0) is 25.2 Å². The summed E-state index contributed by atoms with van der Waals surface area (Å²) in [5.74, 6) is 0.796. The van der Waals surface area contributed by atoms with Crippen molar-refractivity contribution >= 4 is 18.1 Å².